The molecular formula is C42H81NO8. The predicted molar refractivity (Wildman–Crippen MR) is 207 cm³/mol. The molecular weight excluding hydrogens is 646 g/mol. The van der Waals surface area contributed by atoms with Crippen LogP contribution in [0.2, 0.25) is 0 Å². The zero-order valence-electron chi connectivity index (χ0n) is 32.9. The molecule has 0 radical (unpaired) electrons. The summed E-state index contributed by atoms with van der Waals surface area (Å²) in [6, 6.07) is -0.796. The van der Waals surface area contributed by atoms with E-state index in [0.29, 0.717) is 6.42 Å². The summed E-state index contributed by atoms with van der Waals surface area (Å²) < 4.78 is 11.2. The summed E-state index contributed by atoms with van der Waals surface area (Å²) in [5.74, 6) is -0.176. The van der Waals surface area contributed by atoms with E-state index in [9.17, 15) is 30.3 Å². The van der Waals surface area contributed by atoms with E-state index in [4.69, 9.17) is 9.47 Å². The van der Waals surface area contributed by atoms with Gasteiger partial charge in [-0.2, -0.15) is 0 Å². The number of aliphatic hydroxyl groups excluding tert-OH is 5. The topological polar surface area (TPSA) is 149 Å². The van der Waals surface area contributed by atoms with Crippen molar-refractivity contribution in [2.45, 2.75) is 236 Å². The lowest BCUT2D eigenvalue weighted by Crippen LogP contribution is -2.60. The minimum Gasteiger partial charge on any atom is -0.394 e. The lowest BCUT2D eigenvalue weighted by atomic mass is 9.99. The molecule has 0 spiro atoms. The zero-order chi connectivity index (χ0) is 37.4. The van der Waals surface area contributed by atoms with Crippen molar-refractivity contribution in [1.82, 2.24) is 5.32 Å². The summed E-state index contributed by atoms with van der Waals surface area (Å²) in [6.45, 7) is 3.76. The molecule has 7 atom stereocenters. The van der Waals surface area contributed by atoms with E-state index < -0.39 is 49.5 Å². The number of unbranched alkanes of at least 4 members (excludes halogenated alkanes) is 25. The van der Waals surface area contributed by atoms with E-state index in [2.05, 4.69) is 19.2 Å². The SMILES string of the molecule is CCCCCCCCCCCCC/C=C/[C@@H](O)[C@H](CO[C@H]1O[C@H](CO)[C@H](O)[C@H](O)[C@H]1O)NC(=O)CCCCCCCCCCCCCCCCC. The zero-order valence-corrected chi connectivity index (χ0v) is 32.9. The molecule has 51 heavy (non-hydrogen) atoms. The van der Waals surface area contributed by atoms with Crippen molar-refractivity contribution in [3.63, 3.8) is 0 Å². The average Bonchev–Trinajstić information content (AvgIpc) is 3.13. The molecule has 302 valence electrons. The minimum absolute atomic E-state index is 0.176. The lowest BCUT2D eigenvalue weighted by Gasteiger charge is -2.40. The second-order valence-corrected chi connectivity index (χ2v) is 15.1. The van der Waals surface area contributed by atoms with E-state index in [1.807, 2.05) is 6.08 Å². The molecule has 0 aromatic carbocycles. The molecule has 1 fully saturated rings. The number of carbonyl (C=O) groups is 1. The summed E-state index contributed by atoms with van der Waals surface area (Å²) in [7, 11) is 0. The molecule has 1 rings (SSSR count). The van der Waals surface area contributed by atoms with Gasteiger partial charge in [0.1, 0.15) is 24.4 Å². The molecule has 9 nitrogen and oxygen atoms in total. The van der Waals surface area contributed by atoms with Crippen LogP contribution in [0.3, 0.4) is 0 Å². The van der Waals surface area contributed by atoms with Crippen molar-refractivity contribution < 1.29 is 39.8 Å². The third-order valence-corrected chi connectivity index (χ3v) is 10.4. The number of carbonyl (C=O) groups excluding carboxylic acids is 1. The first-order valence-electron chi connectivity index (χ1n) is 21.4. The molecule has 0 aromatic rings. The fourth-order valence-corrected chi connectivity index (χ4v) is 6.86. The summed E-state index contributed by atoms with van der Waals surface area (Å²) in [6.07, 6.45) is 29.6. The maximum Gasteiger partial charge on any atom is 0.220 e. The Bertz CT molecular complexity index is 812. The first kappa shape index (κ1) is 48.0. The van der Waals surface area contributed by atoms with Gasteiger partial charge in [-0.05, 0) is 19.3 Å². The van der Waals surface area contributed by atoms with E-state index >= 15 is 0 Å². The molecule has 1 saturated heterocycles. The van der Waals surface area contributed by atoms with Gasteiger partial charge in [-0.25, -0.2) is 0 Å². The molecule has 6 N–H and O–H groups in total. The Morgan fingerprint density at radius 1 is 0.647 bits per heavy atom. The lowest BCUT2D eigenvalue weighted by molar-refractivity contribution is -0.302. The van der Waals surface area contributed by atoms with Crippen LogP contribution in [0.15, 0.2) is 12.2 Å². The smallest absolute Gasteiger partial charge is 0.220 e. The number of ether oxygens (including phenoxy) is 2. The highest BCUT2D eigenvalue weighted by atomic mass is 16.7. The monoisotopic (exact) mass is 728 g/mol. The van der Waals surface area contributed by atoms with Crippen LogP contribution in [0.4, 0.5) is 0 Å². The van der Waals surface area contributed by atoms with Gasteiger partial charge in [0.15, 0.2) is 6.29 Å². The molecule has 1 heterocycles. The highest BCUT2D eigenvalue weighted by molar-refractivity contribution is 5.76. The van der Waals surface area contributed by atoms with E-state index in [1.54, 1.807) is 6.08 Å². The molecule has 0 bridgehead atoms. The van der Waals surface area contributed by atoms with Crippen LogP contribution < -0.4 is 5.32 Å². The van der Waals surface area contributed by atoms with Gasteiger partial charge in [0.05, 0.1) is 25.4 Å². The largest absolute Gasteiger partial charge is 0.394 e. The number of rotatable bonds is 35. The quantitative estimate of drug-likeness (QED) is 0.0283. The Morgan fingerprint density at radius 2 is 1.08 bits per heavy atom. The van der Waals surface area contributed by atoms with E-state index in [-0.39, 0.29) is 12.5 Å². The fraction of sp³-hybridized carbons (Fsp3) is 0.929. The Hall–Kier alpha value is -1.07. The van der Waals surface area contributed by atoms with Crippen LogP contribution in [0.5, 0.6) is 0 Å². The van der Waals surface area contributed by atoms with Gasteiger partial charge >= 0.3 is 0 Å². The van der Waals surface area contributed by atoms with Crippen LogP contribution >= 0.6 is 0 Å². The number of amides is 1. The van der Waals surface area contributed by atoms with Crippen molar-refractivity contribution in [3.05, 3.63) is 12.2 Å². The maximum absolute atomic E-state index is 12.9. The molecule has 1 aliphatic heterocycles. The highest BCUT2D eigenvalue weighted by Crippen LogP contribution is 2.22. The van der Waals surface area contributed by atoms with Crippen LogP contribution in [0.1, 0.15) is 194 Å². The first-order chi connectivity index (χ1) is 24.8. The molecule has 9 heteroatoms. The third kappa shape index (κ3) is 24.8. The number of hydrogen-bond acceptors (Lipinski definition) is 8. The summed E-state index contributed by atoms with van der Waals surface area (Å²) in [4.78, 5) is 12.9. The van der Waals surface area contributed by atoms with Gasteiger partial charge in [0.2, 0.25) is 5.91 Å². The number of hydrogen-bond donors (Lipinski definition) is 6. The second kappa shape index (κ2) is 33.5. The van der Waals surface area contributed by atoms with Crippen molar-refractivity contribution in [1.29, 1.82) is 0 Å². The Morgan fingerprint density at radius 3 is 1.53 bits per heavy atom. The van der Waals surface area contributed by atoms with Crippen molar-refractivity contribution in [2.75, 3.05) is 13.2 Å². The van der Waals surface area contributed by atoms with Gasteiger partial charge in [-0.15, -0.1) is 0 Å². The number of nitrogens with one attached hydrogen (secondary N) is 1. The first-order valence-corrected chi connectivity index (χ1v) is 21.4. The fourth-order valence-electron chi connectivity index (χ4n) is 6.86. The number of aliphatic hydroxyl groups is 5. The standard InChI is InChI=1S/C42H81NO8/c1-3-5-7-9-11-13-15-17-18-20-22-24-26-28-30-32-38(46)43-35(34-50-42-41(49)40(48)39(47)37(33-44)51-42)36(45)31-29-27-25-23-21-19-16-14-12-10-8-6-4-2/h29,31,35-37,39-42,44-45,47-49H,3-28,30,32-34H2,1-2H3,(H,43,46)/b31-29+/t35-,36+,37+,39-,40-,41+,42-/m0/s1. The average molecular weight is 728 g/mol. The van der Waals surface area contributed by atoms with Crippen LogP contribution in [0, 0.1) is 0 Å². The second-order valence-electron chi connectivity index (χ2n) is 15.1. The Balaban J connectivity index is 2.39. The van der Waals surface area contributed by atoms with Crippen molar-refractivity contribution in [2.24, 2.45) is 0 Å². The van der Waals surface area contributed by atoms with Gasteiger partial charge in [0, 0.05) is 6.42 Å². The normalized spacial score (nSPS) is 22.1. The molecule has 0 unspecified atom stereocenters. The summed E-state index contributed by atoms with van der Waals surface area (Å²) in [5.41, 5.74) is 0. The Labute approximate surface area is 312 Å². The molecule has 0 aliphatic carbocycles. The molecule has 1 aliphatic rings. The highest BCUT2D eigenvalue weighted by Gasteiger charge is 2.44. The number of allylic oxidation sites excluding steroid dienone is 1. The summed E-state index contributed by atoms with van der Waals surface area (Å²) >= 11 is 0. The molecule has 1 amide bonds. The Kier molecular flexibility index (Phi) is 31.5. The van der Waals surface area contributed by atoms with Gasteiger partial charge in [-0.1, -0.05) is 180 Å². The van der Waals surface area contributed by atoms with Crippen molar-refractivity contribution in [3.8, 4) is 0 Å². The van der Waals surface area contributed by atoms with Crippen molar-refractivity contribution >= 4 is 5.91 Å². The molecule has 0 aromatic heterocycles. The minimum atomic E-state index is -1.56. The van der Waals surface area contributed by atoms with Gasteiger partial charge in [-0.3, -0.25) is 4.79 Å². The van der Waals surface area contributed by atoms with Gasteiger partial charge in [0.25, 0.3) is 0 Å². The molecule has 0 saturated carbocycles. The van der Waals surface area contributed by atoms with Crippen LogP contribution in [-0.2, 0) is 14.3 Å². The summed E-state index contributed by atoms with van der Waals surface area (Å²) in [5, 5.41) is 54.0. The van der Waals surface area contributed by atoms with Crippen LogP contribution in [0.25, 0.3) is 0 Å². The van der Waals surface area contributed by atoms with E-state index in [1.165, 1.54) is 135 Å². The predicted octanol–water partition coefficient (Wildman–Crippen LogP) is 8.17. The van der Waals surface area contributed by atoms with E-state index in [0.717, 1.165) is 38.5 Å². The third-order valence-electron chi connectivity index (χ3n) is 10.4. The van der Waals surface area contributed by atoms with Gasteiger partial charge < -0.3 is 40.3 Å². The maximum atomic E-state index is 12.9. The van der Waals surface area contributed by atoms with Crippen LogP contribution in [-0.4, -0.2) is 87.5 Å².